The highest BCUT2D eigenvalue weighted by Crippen LogP contribution is 2.45. The maximum Gasteiger partial charge on any atom is 0.224 e. The van der Waals surface area contributed by atoms with Crippen LogP contribution < -0.4 is 20.3 Å². The van der Waals surface area contributed by atoms with Gasteiger partial charge in [0.15, 0.2) is 5.11 Å². The molecule has 0 unspecified atom stereocenters. The molecule has 0 spiro atoms. The molecule has 5 rings (SSSR count). The van der Waals surface area contributed by atoms with E-state index >= 15 is 0 Å². The summed E-state index contributed by atoms with van der Waals surface area (Å²) in [5, 5.41) is 7.10. The number of anilines is 2. The molecular formula is C33H37N5O2S. The van der Waals surface area contributed by atoms with Crippen molar-refractivity contribution in [2.75, 3.05) is 17.3 Å². The van der Waals surface area contributed by atoms with Gasteiger partial charge in [-0.3, -0.25) is 9.78 Å². The number of carbonyl (C=O) groups excluding carboxylic acids is 1. The number of aromatic nitrogens is 2. The van der Waals surface area contributed by atoms with Crippen LogP contribution in [0.5, 0.6) is 5.75 Å². The molecule has 41 heavy (non-hydrogen) atoms. The number of para-hydroxylation sites is 1. The van der Waals surface area contributed by atoms with Crippen molar-refractivity contribution in [1.82, 2.24) is 14.9 Å². The van der Waals surface area contributed by atoms with Crippen molar-refractivity contribution in [2.24, 2.45) is 0 Å². The molecule has 2 aromatic heterocycles. The molecule has 1 fully saturated rings. The third-order valence-corrected chi connectivity index (χ3v) is 8.19. The second-order valence-electron chi connectivity index (χ2n) is 10.4. The average Bonchev–Trinajstić information content (AvgIpc) is 3.48. The second kappa shape index (κ2) is 11.7. The summed E-state index contributed by atoms with van der Waals surface area (Å²) in [7, 11) is 1.61. The zero-order chi connectivity index (χ0) is 29.3. The quantitative estimate of drug-likeness (QED) is 0.226. The summed E-state index contributed by atoms with van der Waals surface area (Å²) in [6.07, 6.45) is 3.15. The number of aryl methyl sites for hydroxylation is 3. The number of nitrogens with one attached hydrogen (secondary N) is 2. The predicted molar refractivity (Wildman–Crippen MR) is 169 cm³/mol. The third kappa shape index (κ3) is 5.20. The number of amides is 1. The van der Waals surface area contributed by atoms with Crippen LogP contribution in [0.1, 0.15) is 66.1 Å². The Kier molecular flexibility index (Phi) is 8.13. The molecule has 0 aliphatic carbocycles. The van der Waals surface area contributed by atoms with Gasteiger partial charge in [-0.2, -0.15) is 0 Å². The van der Waals surface area contributed by atoms with Gasteiger partial charge in [0.05, 0.1) is 36.3 Å². The number of pyridine rings is 1. The van der Waals surface area contributed by atoms with Crippen LogP contribution >= 0.6 is 12.2 Å². The van der Waals surface area contributed by atoms with Crippen LogP contribution in [0.15, 0.2) is 66.9 Å². The fourth-order valence-electron chi connectivity index (χ4n) is 5.88. The zero-order valence-corrected chi connectivity index (χ0v) is 25.3. The fourth-order valence-corrected chi connectivity index (χ4v) is 6.22. The molecule has 1 aliphatic rings. The molecule has 7 nitrogen and oxygen atoms in total. The van der Waals surface area contributed by atoms with Crippen LogP contribution in [0.25, 0.3) is 5.69 Å². The standard InChI is InChI=1S/C33H37N5O2S/c1-7-23-13-11-12-20(3)31(23)37-21(4)18-25(22(37)5)32-30(27-14-9-10-17-34-27)36-33(41)38(32)24-15-16-26(28(19-24)40-6)35-29(39)8-2/h9-19,30,32H,7-8H2,1-6H3,(H,35,39)(H,36,41)/t30-,32+/m1/s1. The second-order valence-corrected chi connectivity index (χ2v) is 10.8. The summed E-state index contributed by atoms with van der Waals surface area (Å²) < 4.78 is 8.08. The molecule has 1 aliphatic heterocycles. The Morgan fingerprint density at radius 2 is 1.88 bits per heavy atom. The van der Waals surface area contributed by atoms with E-state index in [1.54, 1.807) is 7.11 Å². The average molecular weight is 568 g/mol. The number of hydrogen-bond acceptors (Lipinski definition) is 4. The van der Waals surface area contributed by atoms with Gasteiger partial charge in [0, 0.05) is 35.8 Å². The van der Waals surface area contributed by atoms with Crippen molar-refractivity contribution in [3.63, 3.8) is 0 Å². The number of ether oxygens (including phenoxy) is 1. The monoisotopic (exact) mass is 567 g/mol. The molecule has 2 N–H and O–H groups in total. The number of thiocarbonyl (C=S) groups is 1. The molecule has 4 aromatic rings. The van der Waals surface area contributed by atoms with Crippen LogP contribution in [0.2, 0.25) is 0 Å². The van der Waals surface area contributed by atoms with Gasteiger partial charge >= 0.3 is 0 Å². The lowest BCUT2D eigenvalue weighted by atomic mass is 9.96. The lowest BCUT2D eigenvalue weighted by molar-refractivity contribution is -0.115. The Labute approximate surface area is 247 Å². The highest BCUT2D eigenvalue weighted by Gasteiger charge is 2.42. The summed E-state index contributed by atoms with van der Waals surface area (Å²) in [6.45, 7) is 10.5. The van der Waals surface area contributed by atoms with Crippen molar-refractivity contribution in [3.8, 4) is 11.4 Å². The predicted octanol–water partition coefficient (Wildman–Crippen LogP) is 6.89. The van der Waals surface area contributed by atoms with Gasteiger partial charge in [-0.1, -0.05) is 38.1 Å². The number of nitrogens with zero attached hydrogens (tertiary/aromatic N) is 3. The minimum absolute atomic E-state index is 0.0717. The first-order valence-corrected chi connectivity index (χ1v) is 14.5. The van der Waals surface area contributed by atoms with E-state index in [4.69, 9.17) is 21.9 Å². The molecule has 212 valence electrons. The van der Waals surface area contributed by atoms with Crippen LogP contribution in [-0.2, 0) is 11.2 Å². The van der Waals surface area contributed by atoms with E-state index in [1.165, 1.54) is 16.8 Å². The van der Waals surface area contributed by atoms with Crippen LogP contribution in [-0.4, -0.2) is 27.7 Å². The van der Waals surface area contributed by atoms with Crippen LogP contribution in [0.3, 0.4) is 0 Å². The Bertz CT molecular complexity index is 1600. The first-order chi connectivity index (χ1) is 19.8. The van der Waals surface area contributed by atoms with Gasteiger partial charge < -0.3 is 24.8 Å². The number of hydrogen-bond donors (Lipinski definition) is 2. The maximum atomic E-state index is 12.1. The van der Waals surface area contributed by atoms with Crippen LogP contribution in [0.4, 0.5) is 11.4 Å². The van der Waals surface area contributed by atoms with Gasteiger partial charge in [-0.15, -0.1) is 0 Å². The van der Waals surface area contributed by atoms with Crippen molar-refractivity contribution in [1.29, 1.82) is 0 Å². The van der Waals surface area contributed by atoms with Crippen molar-refractivity contribution in [2.45, 2.75) is 59.5 Å². The SMILES string of the molecule is CCC(=O)Nc1ccc(N2C(=S)N[C@H](c3ccccn3)[C@@H]2c2cc(C)n(-c3c(C)cccc3CC)c2C)cc1OC. The third-order valence-electron chi connectivity index (χ3n) is 7.87. The van der Waals surface area contributed by atoms with E-state index in [-0.39, 0.29) is 18.0 Å². The van der Waals surface area contributed by atoms with Gasteiger partial charge in [0.2, 0.25) is 5.91 Å². The van der Waals surface area contributed by atoms with Gasteiger partial charge in [0.25, 0.3) is 0 Å². The van der Waals surface area contributed by atoms with E-state index < -0.39 is 0 Å². The van der Waals surface area contributed by atoms with Gasteiger partial charge in [0.1, 0.15) is 5.75 Å². The van der Waals surface area contributed by atoms with Crippen molar-refractivity contribution >= 4 is 34.6 Å². The minimum atomic E-state index is -0.175. The van der Waals surface area contributed by atoms with E-state index in [2.05, 4.69) is 72.1 Å². The number of carbonyl (C=O) groups is 1. The molecule has 2 atom stereocenters. The molecule has 3 heterocycles. The Balaban J connectivity index is 1.68. The molecule has 0 radical (unpaired) electrons. The van der Waals surface area contributed by atoms with E-state index in [0.717, 1.165) is 34.8 Å². The molecule has 0 saturated carbocycles. The van der Waals surface area contributed by atoms with Crippen molar-refractivity contribution in [3.05, 3.63) is 101 Å². The largest absolute Gasteiger partial charge is 0.494 e. The van der Waals surface area contributed by atoms with E-state index in [9.17, 15) is 4.79 Å². The number of methoxy groups -OCH3 is 1. The maximum absolute atomic E-state index is 12.1. The van der Waals surface area contributed by atoms with Crippen molar-refractivity contribution < 1.29 is 9.53 Å². The first kappa shape index (κ1) is 28.4. The lowest BCUT2D eigenvalue weighted by Gasteiger charge is -2.29. The van der Waals surface area contributed by atoms with E-state index in [0.29, 0.717) is 23.0 Å². The normalized spacial score (nSPS) is 16.5. The summed E-state index contributed by atoms with van der Waals surface area (Å²) in [6, 6.07) is 20.2. The number of benzene rings is 2. The zero-order valence-electron chi connectivity index (χ0n) is 24.5. The van der Waals surface area contributed by atoms with Crippen LogP contribution in [0, 0.1) is 20.8 Å². The molecule has 1 saturated heterocycles. The Hall–Kier alpha value is -4.17. The molecule has 2 aromatic carbocycles. The van der Waals surface area contributed by atoms with E-state index in [1.807, 2.05) is 49.5 Å². The smallest absolute Gasteiger partial charge is 0.224 e. The minimum Gasteiger partial charge on any atom is -0.494 e. The fraction of sp³-hybridized carbons (Fsp3) is 0.303. The Morgan fingerprint density at radius 3 is 2.56 bits per heavy atom. The summed E-state index contributed by atoms with van der Waals surface area (Å²) >= 11 is 5.98. The number of rotatable bonds is 8. The van der Waals surface area contributed by atoms with Gasteiger partial charge in [-0.25, -0.2) is 0 Å². The highest BCUT2D eigenvalue weighted by atomic mass is 32.1. The van der Waals surface area contributed by atoms with Gasteiger partial charge in [-0.05, 0) is 86.4 Å². The summed E-state index contributed by atoms with van der Waals surface area (Å²) in [4.78, 5) is 19.0. The Morgan fingerprint density at radius 1 is 1.07 bits per heavy atom. The lowest BCUT2D eigenvalue weighted by Crippen LogP contribution is -2.29. The first-order valence-electron chi connectivity index (χ1n) is 14.0. The summed E-state index contributed by atoms with van der Waals surface area (Å²) in [5.74, 6) is 0.503. The molecule has 0 bridgehead atoms. The molecule has 8 heteroatoms. The topological polar surface area (TPSA) is 71.4 Å². The highest BCUT2D eigenvalue weighted by molar-refractivity contribution is 7.80. The molecule has 1 amide bonds. The molecular weight excluding hydrogens is 530 g/mol. The summed E-state index contributed by atoms with van der Waals surface area (Å²) in [5.41, 5.74) is 9.69.